The van der Waals surface area contributed by atoms with E-state index >= 15 is 0 Å². The third kappa shape index (κ3) is 5.08. The third-order valence-corrected chi connectivity index (χ3v) is 5.40. The molecule has 1 amide bonds. The highest BCUT2D eigenvalue weighted by molar-refractivity contribution is 5.93. The number of halogens is 6. The zero-order valence-corrected chi connectivity index (χ0v) is 17.8. The van der Waals surface area contributed by atoms with E-state index < -0.39 is 41.0 Å². The van der Waals surface area contributed by atoms with Gasteiger partial charge in [-0.05, 0) is 48.4 Å². The molecule has 0 fully saturated rings. The Morgan fingerprint density at radius 2 is 1.60 bits per heavy atom. The molecule has 0 aliphatic heterocycles. The summed E-state index contributed by atoms with van der Waals surface area (Å²) in [5, 5.41) is 12.5. The van der Waals surface area contributed by atoms with Gasteiger partial charge < -0.3 is 15.0 Å². The fourth-order valence-corrected chi connectivity index (χ4v) is 3.73. The molecule has 2 aromatic carbocycles. The van der Waals surface area contributed by atoms with E-state index in [1.54, 1.807) is 0 Å². The van der Waals surface area contributed by atoms with Crippen LogP contribution in [-0.2, 0) is 23.9 Å². The van der Waals surface area contributed by atoms with Gasteiger partial charge in [0.1, 0.15) is 23.3 Å². The van der Waals surface area contributed by atoms with Crippen molar-refractivity contribution in [3.05, 3.63) is 89.0 Å². The topological polar surface area (TPSA) is 67.2 Å². The van der Waals surface area contributed by atoms with Crippen LogP contribution in [-0.4, -0.2) is 20.6 Å². The summed E-state index contributed by atoms with van der Waals surface area (Å²) in [5.74, 6) is -3.47. The van der Waals surface area contributed by atoms with Crippen LogP contribution in [0.3, 0.4) is 0 Å². The normalized spacial score (nSPS) is 11.7. The van der Waals surface area contributed by atoms with E-state index in [0.717, 1.165) is 24.3 Å². The Balaban J connectivity index is 1.60. The summed E-state index contributed by atoms with van der Waals surface area (Å²) in [7, 11) is 0. The van der Waals surface area contributed by atoms with Gasteiger partial charge in [0, 0.05) is 23.7 Å². The van der Waals surface area contributed by atoms with Crippen molar-refractivity contribution in [3.8, 4) is 5.88 Å². The van der Waals surface area contributed by atoms with Crippen LogP contribution in [0.1, 0.15) is 23.2 Å². The molecule has 2 aromatic heterocycles. The monoisotopic (exact) mass is 493 g/mol. The van der Waals surface area contributed by atoms with Crippen molar-refractivity contribution in [3.63, 3.8) is 0 Å². The predicted molar refractivity (Wildman–Crippen MR) is 115 cm³/mol. The standard InChI is InChI=1S/C24H17F6N3O2/c25-15-4-1-13(2-5-15)12-33-18(21-16(26)6-7-17(27)22(21)23(33)35)8-10-20(34)32-19-9-3-14(11-31-19)24(28,29)30/h1-7,9,11,35H,8,10,12H2,(H,31,32,34). The molecule has 0 saturated heterocycles. The number of nitrogens with one attached hydrogen (secondary N) is 1. The lowest BCUT2D eigenvalue weighted by atomic mass is 10.1. The number of alkyl halides is 3. The highest BCUT2D eigenvalue weighted by Crippen LogP contribution is 2.37. The van der Waals surface area contributed by atoms with Crippen LogP contribution in [0, 0.1) is 17.5 Å². The first kappa shape index (κ1) is 24.1. The van der Waals surface area contributed by atoms with Crippen molar-refractivity contribution in [1.82, 2.24) is 9.55 Å². The van der Waals surface area contributed by atoms with E-state index in [4.69, 9.17) is 0 Å². The highest BCUT2D eigenvalue weighted by Gasteiger charge is 2.30. The number of benzene rings is 2. The fraction of sp³-hybridized carbons (Fsp3) is 0.167. The second kappa shape index (κ2) is 9.32. The smallest absolute Gasteiger partial charge is 0.417 e. The van der Waals surface area contributed by atoms with Crippen molar-refractivity contribution in [2.24, 2.45) is 0 Å². The number of aromatic nitrogens is 2. The maximum Gasteiger partial charge on any atom is 0.417 e. The Morgan fingerprint density at radius 3 is 2.20 bits per heavy atom. The molecule has 0 saturated carbocycles. The Labute approximate surface area is 194 Å². The van der Waals surface area contributed by atoms with Crippen LogP contribution in [0.5, 0.6) is 5.88 Å². The fourth-order valence-electron chi connectivity index (χ4n) is 3.73. The van der Waals surface area contributed by atoms with Crippen LogP contribution < -0.4 is 5.32 Å². The first-order valence-corrected chi connectivity index (χ1v) is 10.3. The van der Waals surface area contributed by atoms with Gasteiger partial charge in [-0.1, -0.05) is 12.1 Å². The van der Waals surface area contributed by atoms with E-state index in [-0.39, 0.29) is 41.7 Å². The summed E-state index contributed by atoms with van der Waals surface area (Å²) in [4.78, 5) is 16.0. The molecule has 4 aromatic rings. The zero-order valence-electron chi connectivity index (χ0n) is 17.8. The average Bonchev–Trinajstić information content (AvgIpc) is 3.08. The summed E-state index contributed by atoms with van der Waals surface area (Å²) in [6.45, 7) is -0.0584. The van der Waals surface area contributed by atoms with Gasteiger partial charge in [-0.25, -0.2) is 18.2 Å². The first-order chi connectivity index (χ1) is 16.5. The van der Waals surface area contributed by atoms with E-state index in [1.807, 2.05) is 0 Å². The van der Waals surface area contributed by atoms with Crippen LogP contribution in [0.2, 0.25) is 0 Å². The van der Waals surface area contributed by atoms with Crippen LogP contribution in [0.4, 0.5) is 32.2 Å². The number of carbonyl (C=O) groups is 1. The number of aryl methyl sites for hydroxylation is 1. The van der Waals surface area contributed by atoms with Gasteiger partial charge in [-0.2, -0.15) is 13.2 Å². The number of hydrogen-bond acceptors (Lipinski definition) is 3. The molecule has 2 heterocycles. The number of anilines is 1. The molecule has 0 aliphatic carbocycles. The van der Waals surface area contributed by atoms with Gasteiger partial charge in [0.2, 0.25) is 11.8 Å². The molecule has 0 aliphatic rings. The number of pyridine rings is 1. The summed E-state index contributed by atoms with van der Waals surface area (Å²) in [5.41, 5.74) is -0.328. The molecule has 0 unspecified atom stereocenters. The Hall–Kier alpha value is -4.02. The number of amides is 1. The molecular weight excluding hydrogens is 476 g/mol. The molecule has 182 valence electrons. The van der Waals surface area contributed by atoms with Gasteiger partial charge in [0.25, 0.3) is 0 Å². The van der Waals surface area contributed by atoms with Gasteiger partial charge in [0.15, 0.2) is 0 Å². The largest absolute Gasteiger partial charge is 0.494 e. The van der Waals surface area contributed by atoms with E-state index in [0.29, 0.717) is 11.8 Å². The number of aromatic hydroxyl groups is 1. The lowest BCUT2D eigenvalue weighted by molar-refractivity contribution is -0.137. The predicted octanol–water partition coefficient (Wildman–Crippen LogP) is 5.80. The second-order valence-corrected chi connectivity index (χ2v) is 7.74. The molecule has 11 heteroatoms. The third-order valence-electron chi connectivity index (χ3n) is 5.40. The number of hydrogen-bond donors (Lipinski definition) is 2. The van der Waals surface area contributed by atoms with E-state index in [9.17, 15) is 36.2 Å². The van der Waals surface area contributed by atoms with Crippen LogP contribution in [0.25, 0.3) is 10.8 Å². The number of fused-ring (bicyclic) bond motifs is 1. The average molecular weight is 493 g/mol. The van der Waals surface area contributed by atoms with E-state index in [2.05, 4.69) is 10.3 Å². The van der Waals surface area contributed by atoms with Crippen LogP contribution in [0.15, 0.2) is 54.7 Å². The molecule has 35 heavy (non-hydrogen) atoms. The van der Waals surface area contributed by atoms with Crippen molar-refractivity contribution in [2.45, 2.75) is 25.6 Å². The lowest BCUT2D eigenvalue weighted by Crippen LogP contribution is -2.15. The molecule has 2 N–H and O–H groups in total. The van der Waals surface area contributed by atoms with Crippen LogP contribution >= 0.6 is 0 Å². The summed E-state index contributed by atoms with van der Waals surface area (Å²) in [6, 6.07) is 8.80. The summed E-state index contributed by atoms with van der Waals surface area (Å²) in [6.07, 6.45) is -4.42. The molecule has 0 spiro atoms. The lowest BCUT2D eigenvalue weighted by Gasteiger charge is -2.12. The van der Waals surface area contributed by atoms with Crippen molar-refractivity contribution >= 4 is 22.5 Å². The van der Waals surface area contributed by atoms with Gasteiger partial charge in [0.05, 0.1) is 17.5 Å². The minimum atomic E-state index is -4.58. The number of nitrogens with zero attached hydrogens (tertiary/aromatic N) is 2. The zero-order chi connectivity index (χ0) is 25.3. The molecular formula is C24H17F6N3O2. The number of carbonyl (C=O) groups excluding carboxylic acids is 1. The number of rotatable bonds is 6. The summed E-state index contributed by atoms with van der Waals surface area (Å²) >= 11 is 0. The SMILES string of the molecule is O=C(CCc1c2c(F)ccc(F)c2c(O)n1Cc1ccc(F)cc1)Nc1ccc(C(F)(F)F)cn1. The summed E-state index contributed by atoms with van der Waals surface area (Å²) < 4.78 is 81.6. The molecule has 0 atom stereocenters. The van der Waals surface area contributed by atoms with Crippen molar-refractivity contribution < 1.29 is 36.2 Å². The van der Waals surface area contributed by atoms with Gasteiger partial charge in [-0.3, -0.25) is 4.79 Å². The molecule has 5 nitrogen and oxygen atoms in total. The Morgan fingerprint density at radius 1 is 0.943 bits per heavy atom. The maximum absolute atomic E-state index is 14.7. The minimum absolute atomic E-state index is 0.0584. The second-order valence-electron chi connectivity index (χ2n) is 7.74. The minimum Gasteiger partial charge on any atom is -0.494 e. The molecule has 0 radical (unpaired) electrons. The maximum atomic E-state index is 14.7. The first-order valence-electron chi connectivity index (χ1n) is 10.3. The van der Waals surface area contributed by atoms with Crippen molar-refractivity contribution in [1.29, 1.82) is 0 Å². The van der Waals surface area contributed by atoms with E-state index in [1.165, 1.54) is 28.8 Å². The Kier molecular flexibility index (Phi) is 6.42. The highest BCUT2D eigenvalue weighted by atomic mass is 19.4. The van der Waals surface area contributed by atoms with Crippen molar-refractivity contribution in [2.75, 3.05) is 5.32 Å². The molecule has 0 bridgehead atoms. The Bertz CT molecular complexity index is 1380. The molecule has 4 rings (SSSR count). The van der Waals surface area contributed by atoms with Gasteiger partial charge >= 0.3 is 6.18 Å². The van der Waals surface area contributed by atoms with Gasteiger partial charge in [-0.15, -0.1) is 0 Å². The quantitative estimate of drug-likeness (QED) is 0.334.